The van der Waals surface area contributed by atoms with Crippen molar-refractivity contribution in [2.75, 3.05) is 13.7 Å². The zero-order valence-corrected chi connectivity index (χ0v) is 12.2. The van der Waals surface area contributed by atoms with E-state index in [0.29, 0.717) is 6.61 Å². The number of carbonyl (C=O) groups excluding carboxylic acids is 1. The van der Waals surface area contributed by atoms with Gasteiger partial charge >= 0.3 is 5.97 Å². The SMILES string of the molecule is C=CC(C)(CC(=O)OCC)c1cc(C)ccc1OC. The zero-order valence-electron chi connectivity index (χ0n) is 12.2. The minimum atomic E-state index is -0.496. The average Bonchev–Trinajstić information content (AvgIpc) is 2.38. The summed E-state index contributed by atoms with van der Waals surface area (Å²) < 4.78 is 10.4. The summed E-state index contributed by atoms with van der Waals surface area (Å²) in [5.74, 6) is 0.533. The van der Waals surface area contributed by atoms with Crippen molar-refractivity contribution in [2.24, 2.45) is 0 Å². The molecule has 1 rings (SSSR count). The molecular weight excluding hydrogens is 240 g/mol. The van der Waals surface area contributed by atoms with E-state index < -0.39 is 5.41 Å². The Labute approximate surface area is 115 Å². The minimum absolute atomic E-state index is 0.228. The minimum Gasteiger partial charge on any atom is -0.496 e. The fraction of sp³-hybridized carbons (Fsp3) is 0.438. The number of rotatable bonds is 6. The largest absolute Gasteiger partial charge is 0.496 e. The van der Waals surface area contributed by atoms with Crippen LogP contribution in [0.3, 0.4) is 0 Å². The van der Waals surface area contributed by atoms with Gasteiger partial charge in [0.25, 0.3) is 0 Å². The zero-order chi connectivity index (χ0) is 14.5. The summed E-state index contributed by atoms with van der Waals surface area (Å²) in [7, 11) is 1.63. The van der Waals surface area contributed by atoms with Gasteiger partial charge in [-0.1, -0.05) is 30.7 Å². The Morgan fingerprint density at radius 2 is 2.16 bits per heavy atom. The van der Waals surface area contributed by atoms with Crippen molar-refractivity contribution in [1.29, 1.82) is 0 Å². The first kappa shape index (κ1) is 15.3. The number of methoxy groups -OCH3 is 1. The first-order valence-corrected chi connectivity index (χ1v) is 6.41. The molecule has 1 aromatic carbocycles. The van der Waals surface area contributed by atoms with Crippen molar-refractivity contribution >= 4 is 5.97 Å². The summed E-state index contributed by atoms with van der Waals surface area (Å²) >= 11 is 0. The molecule has 1 atom stereocenters. The van der Waals surface area contributed by atoms with E-state index in [1.807, 2.05) is 32.0 Å². The van der Waals surface area contributed by atoms with Crippen molar-refractivity contribution in [1.82, 2.24) is 0 Å². The molecule has 0 saturated heterocycles. The van der Waals surface area contributed by atoms with Crippen LogP contribution in [0, 0.1) is 6.92 Å². The number of esters is 1. The van der Waals surface area contributed by atoms with Crippen LogP contribution < -0.4 is 4.74 Å². The second-order valence-electron chi connectivity index (χ2n) is 4.81. The average molecular weight is 262 g/mol. The second kappa shape index (κ2) is 6.41. The highest BCUT2D eigenvalue weighted by molar-refractivity contribution is 5.72. The second-order valence-corrected chi connectivity index (χ2v) is 4.81. The van der Waals surface area contributed by atoms with E-state index in [-0.39, 0.29) is 12.4 Å². The summed E-state index contributed by atoms with van der Waals surface area (Å²) in [6.07, 6.45) is 2.03. The number of aryl methyl sites for hydroxylation is 1. The van der Waals surface area contributed by atoms with E-state index >= 15 is 0 Å². The fourth-order valence-corrected chi connectivity index (χ4v) is 2.06. The summed E-state index contributed by atoms with van der Waals surface area (Å²) in [4.78, 5) is 11.8. The number of ether oxygens (including phenoxy) is 2. The van der Waals surface area contributed by atoms with E-state index in [0.717, 1.165) is 16.9 Å². The third-order valence-electron chi connectivity index (χ3n) is 3.24. The Kier molecular flexibility index (Phi) is 5.16. The van der Waals surface area contributed by atoms with Crippen LogP contribution in [0.4, 0.5) is 0 Å². The van der Waals surface area contributed by atoms with Crippen LogP contribution in [-0.4, -0.2) is 19.7 Å². The van der Waals surface area contributed by atoms with Crippen LogP contribution >= 0.6 is 0 Å². The molecule has 0 saturated carbocycles. The highest BCUT2D eigenvalue weighted by Gasteiger charge is 2.30. The van der Waals surface area contributed by atoms with Crippen molar-refractivity contribution in [3.05, 3.63) is 42.0 Å². The predicted molar refractivity (Wildman–Crippen MR) is 76.5 cm³/mol. The smallest absolute Gasteiger partial charge is 0.306 e. The molecule has 0 aliphatic rings. The number of benzene rings is 1. The van der Waals surface area contributed by atoms with Gasteiger partial charge in [-0.2, -0.15) is 0 Å². The number of allylic oxidation sites excluding steroid dienone is 1. The topological polar surface area (TPSA) is 35.5 Å². The lowest BCUT2D eigenvalue weighted by Crippen LogP contribution is -2.25. The molecule has 0 N–H and O–H groups in total. The van der Waals surface area contributed by atoms with Gasteiger partial charge in [0.1, 0.15) is 5.75 Å². The Balaban J connectivity index is 3.17. The van der Waals surface area contributed by atoms with Gasteiger partial charge in [-0.3, -0.25) is 4.79 Å². The summed E-state index contributed by atoms with van der Waals surface area (Å²) in [5.41, 5.74) is 1.58. The van der Waals surface area contributed by atoms with E-state index in [1.54, 1.807) is 20.1 Å². The maximum absolute atomic E-state index is 11.8. The van der Waals surface area contributed by atoms with E-state index in [1.165, 1.54) is 0 Å². The Bertz CT molecular complexity index is 465. The maximum Gasteiger partial charge on any atom is 0.306 e. The van der Waals surface area contributed by atoms with Crippen LogP contribution in [-0.2, 0) is 14.9 Å². The summed E-state index contributed by atoms with van der Waals surface area (Å²) in [5, 5.41) is 0. The molecule has 0 fully saturated rings. The van der Waals surface area contributed by atoms with Gasteiger partial charge in [0, 0.05) is 11.0 Å². The van der Waals surface area contributed by atoms with E-state index in [4.69, 9.17) is 9.47 Å². The molecule has 0 bridgehead atoms. The van der Waals surface area contributed by atoms with E-state index in [2.05, 4.69) is 6.58 Å². The Morgan fingerprint density at radius 3 is 2.68 bits per heavy atom. The molecule has 104 valence electrons. The molecule has 0 spiro atoms. The summed E-state index contributed by atoms with van der Waals surface area (Å²) in [6, 6.07) is 5.92. The third kappa shape index (κ3) is 3.60. The van der Waals surface area contributed by atoms with Crippen molar-refractivity contribution in [3.63, 3.8) is 0 Å². The Hall–Kier alpha value is -1.77. The normalized spacial score (nSPS) is 13.5. The summed E-state index contributed by atoms with van der Waals surface area (Å²) in [6.45, 7) is 10.0. The highest BCUT2D eigenvalue weighted by Crippen LogP contribution is 2.36. The van der Waals surface area contributed by atoms with Crippen LogP contribution in [0.1, 0.15) is 31.4 Å². The van der Waals surface area contributed by atoms with Gasteiger partial charge in [0.2, 0.25) is 0 Å². The van der Waals surface area contributed by atoms with Crippen LogP contribution in [0.15, 0.2) is 30.9 Å². The third-order valence-corrected chi connectivity index (χ3v) is 3.24. The number of hydrogen-bond donors (Lipinski definition) is 0. The van der Waals surface area contributed by atoms with Crippen molar-refractivity contribution in [2.45, 2.75) is 32.6 Å². The van der Waals surface area contributed by atoms with Crippen LogP contribution in [0.5, 0.6) is 5.75 Å². The quantitative estimate of drug-likeness (QED) is 0.582. The molecule has 0 amide bonds. The first-order valence-electron chi connectivity index (χ1n) is 6.41. The molecule has 0 aliphatic carbocycles. The van der Waals surface area contributed by atoms with Gasteiger partial charge in [-0.25, -0.2) is 0 Å². The van der Waals surface area contributed by atoms with Crippen LogP contribution in [0.2, 0.25) is 0 Å². The number of carbonyl (C=O) groups is 1. The highest BCUT2D eigenvalue weighted by atomic mass is 16.5. The molecule has 1 unspecified atom stereocenters. The predicted octanol–water partition coefficient (Wildman–Crippen LogP) is 3.40. The molecule has 1 aromatic rings. The van der Waals surface area contributed by atoms with Crippen molar-refractivity contribution < 1.29 is 14.3 Å². The molecule has 19 heavy (non-hydrogen) atoms. The maximum atomic E-state index is 11.8. The van der Waals surface area contributed by atoms with Gasteiger partial charge < -0.3 is 9.47 Å². The number of hydrogen-bond acceptors (Lipinski definition) is 3. The molecule has 0 radical (unpaired) electrons. The lowest BCUT2D eigenvalue weighted by molar-refractivity contribution is -0.144. The Morgan fingerprint density at radius 1 is 1.47 bits per heavy atom. The molecule has 0 heterocycles. The van der Waals surface area contributed by atoms with E-state index in [9.17, 15) is 4.79 Å². The molecular formula is C16H22O3. The first-order chi connectivity index (χ1) is 8.96. The molecule has 3 heteroatoms. The molecule has 0 aromatic heterocycles. The lowest BCUT2D eigenvalue weighted by atomic mass is 9.78. The standard InChI is InChI=1S/C16H22O3/c1-6-16(4,11-15(17)19-7-2)13-10-12(3)8-9-14(13)18-5/h6,8-10H,1,7,11H2,2-5H3. The lowest BCUT2D eigenvalue weighted by Gasteiger charge is -2.27. The molecule has 0 aliphatic heterocycles. The van der Waals surface area contributed by atoms with Gasteiger partial charge in [0.15, 0.2) is 0 Å². The molecule has 3 nitrogen and oxygen atoms in total. The van der Waals surface area contributed by atoms with Gasteiger partial charge in [0.05, 0.1) is 20.1 Å². The fourth-order valence-electron chi connectivity index (χ4n) is 2.06. The van der Waals surface area contributed by atoms with Crippen LogP contribution in [0.25, 0.3) is 0 Å². The van der Waals surface area contributed by atoms with Crippen molar-refractivity contribution in [3.8, 4) is 5.75 Å². The van der Waals surface area contributed by atoms with Gasteiger partial charge in [-0.15, -0.1) is 6.58 Å². The monoisotopic (exact) mass is 262 g/mol. The van der Waals surface area contributed by atoms with Gasteiger partial charge in [-0.05, 0) is 19.9 Å².